The number of fused-ring (bicyclic) bond motifs is 12. The van der Waals surface area contributed by atoms with Gasteiger partial charge in [0.05, 0.1) is 83.1 Å². The molecule has 2 aliphatic heterocycles. The number of quaternary nitrogens is 1. The fourth-order valence-corrected chi connectivity index (χ4v) is 8.58. The molecule has 0 saturated carbocycles. The van der Waals surface area contributed by atoms with Gasteiger partial charge in [0, 0.05) is 87.7 Å². The van der Waals surface area contributed by atoms with Gasteiger partial charge in [-0.1, -0.05) is 0 Å². The highest BCUT2D eigenvalue weighted by Gasteiger charge is 2.24. The van der Waals surface area contributed by atoms with E-state index >= 15 is 0 Å². The highest BCUT2D eigenvalue weighted by Crippen LogP contribution is 2.42. The third-order valence-electron chi connectivity index (χ3n) is 11.9. The molecule has 12 bridgehead atoms. The predicted octanol–water partition coefficient (Wildman–Crippen LogP) is 1.59. The molecule has 0 spiro atoms. The number of carbonyl (C=O) groups is 2. The first-order valence-electron chi connectivity index (χ1n) is 21.8. The summed E-state index contributed by atoms with van der Waals surface area (Å²) >= 11 is 0. The summed E-state index contributed by atoms with van der Waals surface area (Å²) in [6.07, 6.45) is 1.89. The van der Waals surface area contributed by atoms with Crippen LogP contribution in [0.25, 0.3) is 0 Å². The van der Waals surface area contributed by atoms with Crippen molar-refractivity contribution in [1.82, 2.24) is 10.6 Å². The van der Waals surface area contributed by atoms with E-state index in [4.69, 9.17) is 47.4 Å². The van der Waals surface area contributed by atoms with Crippen molar-refractivity contribution >= 4 is 11.8 Å². The van der Waals surface area contributed by atoms with E-state index in [1.807, 2.05) is 66.0 Å². The largest absolute Gasteiger partial charge is 1.00 e. The number of nitrogens with one attached hydrogen (secondary N) is 2. The van der Waals surface area contributed by atoms with Gasteiger partial charge in [0.15, 0.2) is 13.2 Å². The lowest BCUT2D eigenvalue weighted by atomic mass is 9.94. The van der Waals surface area contributed by atoms with Crippen LogP contribution in [0.2, 0.25) is 0 Å². The molecule has 15 nitrogen and oxygen atoms in total. The lowest BCUT2D eigenvalue weighted by molar-refractivity contribution is -0.651. The van der Waals surface area contributed by atoms with Gasteiger partial charge in [-0.05, 0) is 60.7 Å². The molecule has 0 fully saturated rings. The second-order valence-corrected chi connectivity index (χ2v) is 16.0. The van der Waals surface area contributed by atoms with Crippen LogP contribution in [0.4, 0.5) is 0 Å². The van der Waals surface area contributed by atoms with Crippen molar-refractivity contribution in [1.29, 1.82) is 0 Å². The number of hydrogen-bond acceptors (Lipinski definition) is 12. The highest BCUT2D eigenvalue weighted by atomic mass is 35.5. The maximum Gasteiger partial charge on any atom is 0.258 e. The molecule has 11 aliphatic rings. The minimum atomic E-state index is -0.265. The standard InChI is InChI=1S/C51H59N3O12.ClH/c1-57-40-20-32-14-34-22-46(63-7)36(24-44(34)61-5)16-38-26-49-39(27-48(38)65-28-50(55)53-11-9-52-10-12-54-51(56)29-66-49)17-37-25-45(62-6)35(23-47(37)64-8)15-33-21-41(58-2)31(19-43(33)60-4)13-30(40)18-42(32)59-3;/h18-27,52H,9-17,28-29H2,1-8H3,(H,53,55)(H,54,56);1H. The molecule has 0 saturated heterocycles. The number of halogens is 1. The Morgan fingerprint density at radius 1 is 0.373 bits per heavy atom. The van der Waals surface area contributed by atoms with Gasteiger partial charge in [-0.25, -0.2) is 0 Å². The van der Waals surface area contributed by atoms with Crippen LogP contribution >= 0.6 is 0 Å². The third kappa shape index (κ3) is 11.6. The Balaban J connectivity index is 0.00000741. The summed E-state index contributed by atoms with van der Waals surface area (Å²) in [5.74, 6) is 5.50. The number of benzene rings is 5. The van der Waals surface area contributed by atoms with Gasteiger partial charge < -0.3 is 75.7 Å². The van der Waals surface area contributed by atoms with Crippen molar-refractivity contribution in [2.45, 2.75) is 32.1 Å². The quantitative estimate of drug-likeness (QED) is 0.189. The molecule has 2 amide bonds. The topological polar surface area (TPSA) is 167 Å². The van der Waals surface area contributed by atoms with Crippen molar-refractivity contribution < 1.29 is 74.7 Å². The van der Waals surface area contributed by atoms with Crippen LogP contribution in [0.5, 0.6) is 57.5 Å². The van der Waals surface area contributed by atoms with Crippen molar-refractivity contribution in [2.24, 2.45) is 0 Å². The fraction of sp³-hybridized carbons (Fsp3) is 0.373. The molecule has 16 heteroatoms. The van der Waals surface area contributed by atoms with Gasteiger partial charge in [-0.2, -0.15) is 0 Å². The van der Waals surface area contributed by atoms with Gasteiger partial charge in [0.25, 0.3) is 11.8 Å². The lowest BCUT2D eigenvalue weighted by Gasteiger charge is -2.21. The normalized spacial score (nSPS) is 14.3. The van der Waals surface area contributed by atoms with Crippen LogP contribution < -0.4 is 75.7 Å². The zero-order valence-electron chi connectivity index (χ0n) is 39.4. The van der Waals surface area contributed by atoms with E-state index in [0.717, 1.165) is 44.5 Å². The number of amides is 2. The first kappa shape index (κ1) is 49.7. The Labute approximate surface area is 398 Å². The van der Waals surface area contributed by atoms with E-state index in [0.29, 0.717) is 127 Å². The molecule has 0 radical (unpaired) electrons. The maximum atomic E-state index is 13.2. The zero-order valence-corrected chi connectivity index (χ0v) is 40.2. The average Bonchev–Trinajstić information content (AvgIpc) is 3.33. The Bertz CT molecular complexity index is 2390. The molecule has 0 unspecified atom stereocenters. The second-order valence-electron chi connectivity index (χ2n) is 16.0. The average molecular weight is 943 g/mol. The van der Waals surface area contributed by atoms with E-state index in [1.54, 1.807) is 56.9 Å². The molecule has 16 rings (SSSR count). The molecule has 5 aromatic carbocycles. The second kappa shape index (κ2) is 23.1. The molecular weight excluding hydrogens is 882 g/mol. The summed E-state index contributed by atoms with van der Waals surface area (Å²) in [5, 5.41) is 7.90. The summed E-state index contributed by atoms with van der Waals surface area (Å²) < 4.78 is 61.1. The van der Waals surface area contributed by atoms with Gasteiger partial charge >= 0.3 is 0 Å². The van der Waals surface area contributed by atoms with E-state index in [2.05, 4.69) is 10.6 Å². The lowest BCUT2D eigenvalue weighted by Crippen LogP contribution is -3.00. The summed E-state index contributed by atoms with van der Waals surface area (Å²) in [7, 11) is 13.1. The van der Waals surface area contributed by atoms with E-state index in [9.17, 15) is 9.59 Å². The Kier molecular flexibility index (Phi) is 17.2. The van der Waals surface area contributed by atoms with Crippen LogP contribution in [0.1, 0.15) is 55.6 Å². The minimum Gasteiger partial charge on any atom is -1.00 e. The van der Waals surface area contributed by atoms with Crippen LogP contribution in [0, 0.1) is 0 Å². The molecule has 2 heterocycles. The number of rotatable bonds is 8. The van der Waals surface area contributed by atoms with Gasteiger partial charge in [0.2, 0.25) is 0 Å². The fourth-order valence-electron chi connectivity index (χ4n) is 8.58. The molecule has 9 aliphatic carbocycles. The maximum absolute atomic E-state index is 13.2. The van der Waals surface area contributed by atoms with Crippen LogP contribution in [0.3, 0.4) is 0 Å². The number of methoxy groups -OCH3 is 8. The van der Waals surface area contributed by atoms with E-state index < -0.39 is 0 Å². The summed E-state index contributed by atoms with van der Waals surface area (Å²) in [4.78, 5) is 26.3. The first-order valence-corrected chi connectivity index (χ1v) is 21.8. The molecule has 67 heavy (non-hydrogen) atoms. The van der Waals surface area contributed by atoms with Crippen molar-refractivity contribution in [3.05, 3.63) is 116 Å². The van der Waals surface area contributed by atoms with E-state index in [-0.39, 0.29) is 37.4 Å². The predicted molar refractivity (Wildman–Crippen MR) is 247 cm³/mol. The molecule has 0 aromatic heterocycles. The molecular formula is C51H60ClN3O12. The first-order chi connectivity index (χ1) is 32.1. The number of nitrogens with two attached hydrogens (primary N) is 1. The molecule has 5 aromatic rings. The van der Waals surface area contributed by atoms with Crippen LogP contribution in [-0.2, 0) is 41.7 Å². The third-order valence-corrected chi connectivity index (χ3v) is 11.9. The van der Waals surface area contributed by atoms with Crippen molar-refractivity contribution in [3.8, 4) is 57.5 Å². The Morgan fingerprint density at radius 3 is 0.821 bits per heavy atom. The zero-order chi connectivity index (χ0) is 46.7. The monoisotopic (exact) mass is 941 g/mol. The van der Waals surface area contributed by atoms with Crippen molar-refractivity contribution in [2.75, 3.05) is 96.3 Å². The smallest absolute Gasteiger partial charge is 0.258 e. The SMILES string of the molecule is COc1cc2c(OC)cc1Cc1cc(OC)c(cc1OC)Cc1cc(OC)c(cc1OC)Cc1cc3c(cc1OCC(=O)NCC[NH2+]CCNC(=O)CO3)Cc1cc(OC)c(cc1OC)C2.[Cl-]. The van der Waals surface area contributed by atoms with Gasteiger partial charge in [-0.15, -0.1) is 0 Å². The van der Waals surface area contributed by atoms with Crippen molar-refractivity contribution in [3.63, 3.8) is 0 Å². The molecule has 0 atom stereocenters. The Hall–Kier alpha value is -6.71. The van der Waals surface area contributed by atoms with Crippen LogP contribution in [-0.4, -0.2) is 108 Å². The van der Waals surface area contributed by atoms with Crippen LogP contribution in [0.15, 0.2) is 60.7 Å². The number of hydrogen-bond donors (Lipinski definition) is 3. The molecule has 4 N–H and O–H groups in total. The number of ether oxygens (including phenoxy) is 10. The summed E-state index contributed by atoms with van der Waals surface area (Å²) in [6, 6.07) is 19.5. The summed E-state index contributed by atoms with van der Waals surface area (Å²) in [6.45, 7) is 1.71. The minimum absolute atomic E-state index is 0. The van der Waals surface area contributed by atoms with Gasteiger partial charge in [0.1, 0.15) is 57.5 Å². The summed E-state index contributed by atoms with van der Waals surface area (Å²) in [5.41, 5.74) is 8.17. The highest BCUT2D eigenvalue weighted by molar-refractivity contribution is 5.78. The number of carbonyl (C=O) groups excluding carboxylic acids is 2. The van der Waals surface area contributed by atoms with E-state index in [1.165, 1.54) is 0 Å². The van der Waals surface area contributed by atoms with Gasteiger partial charge in [-0.3, -0.25) is 9.59 Å². The Morgan fingerprint density at radius 2 is 0.597 bits per heavy atom. The molecule has 358 valence electrons.